The summed E-state index contributed by atoms with van der Waals surface area (Å²) in [4.78, 5) is 4.56. The normalized spacial score (nSPS) is 11.0. The first-order valence-electron chi connectivity index (χ1n) is 7.03. The third-order valence-electron chi connectivity index (χ3n) is 3.64. The number of rotatable bonds is 2. The fourth-order valence-electron chi connectivity index (χ4n) is 2.60. The van der Waals surface area contributed by atoms with Crippen molar-refractivity contribution in [2.75, 3.05) is 0 Å². The number of aromatic nitrogens is 1. The molecule has 0 amide bonds. The summed E-state index contributed by atoms with van der Waals surface area (Å²) in [6.45, 7) is 0. The highest BCUT2D eigenvalue weighted by Crippen LogP contribution is 2.35. The van der Waals surface area contributed by atoms with Gasteiger partial charge in [0.15, 0.2) is 10.4 Å². The Kier molecular flexibility index (Phi) is 3.28. The van der Waals surface area contributed by atoms with Crippen molar-refractivity contribution < 1.29 is 4.42 Å². The van der Waals surface area contributed by atoms with Gasteiger partial charge in [-0.3, -0.25) is 0 Å². The second kappa shape index (κ2) is 5.43. The van der Waals surface area contributed by atoms with Crippen molar-refractivity contribution in [2.24, 2.45) is 0 Å². The lowest BCUT2D eigenvalue weighted by atomic mass is 10.0. The fraction of sp³-hybridized carbons (Fsp3) is 0. The van der Waals surface area contributed by atoms with E-state index in [1.165, 1.54) is 5.39 Å². The second-order valence-corrected chi connectivity index (χ2v) is 5.78. The number of hydrogen-bond acceptors (Lipinski definition) is 2. The van der Waals surface area contributed by atoms with E-state index in [9.17, 15) is 0 Å². The Balaban J connectivity index is 1.90. The van der Waals surface area contributed by atoms with Gasteiger partial charge in [0.2, 0.25) is 5.89 Å². The highest BCUT2D eigenvalue weighted by atomic mass is 79.9. The first kappa shape index (κ1) is 13.3. The summed E-state index contributed by atoms with van der Waals surface area (Å²) in [7, 11) is 0. The summed E-state index contributed by atoms with van der Waals surface area (Å²) >= 11 is 3.51. The molecule has 106 valence electrons. The average Bonchev–Trinajstić information content (AvgIpc) is 2.97. The molecule has 3 heteroatoms. The lowest BCUT2D eigenvalue weighted by Crippen LogP contribution is -1.80. The highest BCUT2D eigenvalue weighted by Gasteiger charge is 2.15. The van der Waals surface area contributed by atoms with Gasteiger partial charge in [-0.1, -0.05) is 66.7 Å². The van der Waals surface area contributed by atoms with E-state index >= 15 is 0 Å². The molecule has 1 heterocycles. The summed E-state index contributed by atoms with van der Waals surface area (Å²) in [6.07, 6.45) is 0. The fourth-order valence-corrected chi connectivity index (χ4v) is 3.07. The van der Waals surface area contributed by atoms with Crippen LogP contribution in [-0.4, -0.2) is 4.98 Å². The van der Waals surface area contributed by atoms with E-state index in [0.29, 0.717) is 5.89 Å². The molecule has 4 aromatic rings. The largest absolute Gasteiger partial charge is 0.435 e. The monoisotopic (exact) mass is 349 g/mol. The van der Waals surface area contributed by atoms with Crippen molar-refractivity contribution >= 4 is 26.7 Å². The van der Waals surface area contributed by atoms with Gasteiger partial charge in [0.25, 0.3) is 0 Å². The number of hydrogen-bond donors (Lipinski definition) is 0. The molecular formula is C19H12BrNO. The Morgan fingerprint density at radius 3 is 2.36 bits per heavy atom. The molecular weight excluding hydrogens is 338 g/mol. The molecule has 0 aliphatic rings. The number of nitrogens with zero attached hydrogens (tertiary/aromatic N) is 1. The third-order valence-corrected chi connectivity index (χ3v) is 4.18. The zero-order valence-corrected chi connectivity index (χ0v) is 13.2. The predicted molar refractivity (Wildman–Crippen MR) is 92.6 cm³/mol. The molecule has 0 saturated heterocycles. The number of oxazole rings is 1. The summed E-state index contributed by atoms with van der Waals surface area (Å²) in [6, 6.07) is 24.4. The Hall–Kier alpha value is -2.39. The molecule has 22 heavy (non-hydrogen) atoms. The standard InChI is InChI=1S/C19H12BrNO/c20-18-17(14-8-2-1-3-9-14)22-19(21-18)16-12-6-10-13-7-4-5-11-15(13)16/h1-12H. The van der Waals surface area contributed by atoms with Crippen LogP contribution in [0.1, 0.15) is 0 Å². The van der Waals surface area contributed by atoms with E-state index in [1.807, 2.05) is 54.6 Å². The maximum absolute atomic E-state index is 6.04. The quantitative estimate of drug-likeness (QED) is 0.448. The van der Waals surface area contributed by atoms with Crippen molar-refractivity contribution in [1.82, 2.24) is 4.98 Å². The summed E-state index contributed by atoms with van der Waals surface area (Å²) in [5, 5.41) is 2.31. The number of halogens is 1. The SMILES string of the molecule is Brc1nc(-c2cccc3ccccc23)oc1-c1ccccc1. The van der Waals surface area contributed by atoms with Crippen LogP contribution >= 0.6 is 15.9 Å². The molecule has 3 aromatic carbocycles. The Bertz CT molecular complexity index is 939. The van der Waals surface area contributed by atoms with E-state index < -0.39 is 0 Å². The van der Waals surface area contributed by atoms with E-state index in [4.69, 9.17) is 4.42 Å². The molecule has 0 aliphatic heterocycles. The first-order valence-corrected chi connectivity index (χ1v) is 7.82. The molecule has 0 N–H and O–H groups in total. The predicted octanol–water partition coefficient (Wildman–Crippen LogP) is 5.92. The van der Waals surface area contributed by atoms with Crippen LogP contribution in [0.25, 0.3) is 33.6 Å². The van der Waals surface area contributed by atoms with Gasteiger partial charge in [-0.15, -0.1) is 0 Å². The molecule has 0 fully saturated rings. The molecule has 0 atom stereocenters. The summed E-state index contributed by atoms with van der Waals surface area (Å²) in [5.41, 5.74) is 2.01. The van der Waals surface area contributed by atoms with Gasteiger partial charge in [-0.05, 0) is 32.8 Å². The maximum Gasteiger partial charge on any atom is 0.228 e. The van der Waals surface area contributed by atoms with Gasteiger partial charge < -0.3 is 4.42 Å². The van der Waals surface area contributed by atoms with Crippen molar-refractivity contribution in [3.05, 3.63) is 77.4 Å². The minimum absolute atomic E-state index is 0.627. The van der Waals surface area contributed by atoms with E-state index in [-0.39, 0.29) is 0 Å². The minimum Gasteiger partial charge on any atom is -0.435 e. The van der Waals surface area contributed by atoms with E-state index in [0.717, 1.165) is 26.9 Å². The molecule has 0 bridgehead atoms. The average molecular weight is 350 g/mol. The summed E-state index contributed by atoms with van der Waals surface area (Å²) < 4.78 is 6.76. The van der Waals surface area contributed by atoms with Gasteiger partial charge in [-0.25, -0.2) is 4.98 Å². The Morgan fingerprint density at radius 1 is 0.773 bits per heavy atom. The molecule has 0 spiro atoms. The van der Waals surface area contributed by atoms with Crippen LogP contribution in [0.2, 0.25) is 0 Å². The van der Waals surface area contributed by atoms with Crippen LogP contribution in [0, 0.1) is 0 Å². The Morgan fingerprint density at radius 2 is 1.50 bits per heavy atom. The van der Waals surface area contributed by atoms with Crippen LogP contribution in [0.5, 0.6) is 0 Å². The van der Waals surface area contributed by atoms with Crippen molar-refractivity contribution in [2.45, 2.75) is 0 Å². The van der Waals surface area contributed by atoms with Crippen molar-refractivity contribution in [1.29, 1.82) is 0 Å². The third kappa shape index (κ3) is 2.24. The second-order valence-electron chi connectivity index (χ2n) is 5.03. The molecule has 0 saturated carbocycles. The van der Waals surface area contributed by atoms with Crippen molar-refractivity contribution in [3.63, 3.8) is 0 Å². The van der Waals surface area contributed by atoms with Gasteiger partial charge in [-0.2, -0.15) is 0 Å². The van der Waals surface area contributed by atoms with Crippen LogP contribution in [0.4, 0.5) is 0 Å². The first-order chi connectivity index (χ1) is 10.8. The molecule has 1 aromatic heterocycles. The topological polar surface area (TPSA) is 26.0 Å². The molecule has 0 unspecified atom stereocenters. The lowest BCUT2D eigenvalue weighted by molar-refractivity contribution is 0.589. The smallest absolute Gasteiger partial charge is 0.228 e. The zero-order chi connectivity index (χ0) is 14.9. The Labute approximate surface area is 136 Å². The molecule has 0 aliphatic carbocycles. The molecule has 0 radical (unpaired) electrons. The van der Waals surface area contributed by atoms with Gasteiger partial charge in [0.05, 0.1) is 0 Å². The van der Waals surface area contributed by atoms with E-state index in [1.54, 1.807) is 0 Å². The van der Waals surface area contributed by atoms with Gasteiger partial charge in [0.1, 0.15) is 0 Å². The minimum atomic E-state index is 0.627. The summed E-state index contributed by atoms with van der Waals surface area (Å²) in [5.74, 6) is 1.38. The van der Waals surface area contributed by atoms with Gasteiger partial charge >= 0.3 is 0 Å². The van der Waals surface area contributed by atoms with Crippen LogP contribution < -0.4 is 0 Å². The lowest BCUT2D eigenvalue weighted by Gasteiger charge is -2.02. The van der Waals surface area contributed by atoms with E-state index in [2.05, 4.69) is 39.1 Å². The van der Waals surface area contributed by atoms with Crippen molar-refractivity contribution in [3.8, 4) is 22.8 Å². The number of benzene rings is 3. The van der Waals surface area contributed by atoms with Crippen LogP contribution in [0.3, 0.4) is 0 Å². The van der Waals surface area contributed by atoms with Crippen LogP contribution in [-0.2, 0) is 0 Å². The van der Waals surface area contributed by atoms with Gasteiger partial charge in [0, 0.05) is 11.1 Å². The molecule has 4 rings (SSSR count). The maximum atomic E-state index is 6.04. The highest BCUT2D eigenvalue weighted by molar-refractivity contribution is 9.10. The zero-order valence-electron chi connectivity index (χ0n) is 11.7. The number of fused-ring (bicyclic) bond motifs is 1. The molecule has 2 nitrogen and oxygen atoms in total. The van der Waals surface area contributed by atoms with Crippen LogP contribution in [0.15, 0.2) is 81.8 Å².